The first kappa shape index (κ1) is 74.4. The Hall–Kier alpha value is -2.63. The van der Waals surface area contributed by atoms with E-state index in [1.807, 2.05) is 0 Å². The first-order valence-electron chi connectivity index (χ1n) is 34.1. The Bertz CT molecular complexity index is 1330. The predicted molar refractivity (Wildman–Crippen MR) is 335 cm³/mol. The SMILES string of the molecule is CCCCC/C=C\CCCCCCCC(=O)OCC(COC(=O)CCCCCCCCCCCCCCCCCCCCC/C=C\CCCCCCCCCC)OC(=O)CCCCCCC/C=C\C/C=C\CCCCCC. The summed E-state index contributed by atoms with van der Waals surface area (Å²) >= 11 is 0. The summed E-state index contributed by atoms with van der Waals surface area (Å²) in [6, 6.07) is 0. The number of carbonyl (C=O) groups excluding carboxylic acids is 3. The molecule has 6 heteroatoms. The van der Waals surface area contributed by atoms with Crippen LogP contribution in [0.4, 0.5) is 0 Å². The van der Waals surface area contributed by atoms with Gasteiger partial charge in [-0.05, 0) is 103 Å². The largest absolute Gasteiger partial charge is 0.462 e. The van der Waals surface area contributed by atoms with Crippen LogP contribution in [0.2, 0.25) is 0 Å². The van der Waals surface area contributed by atoms with Crippen LogP contribution in [0.3, 0.4) is 0 Å². The maximum Gasteiger partial charge on any atom is 0.306 e. The molecule has 0 amide bonds. The van der Waals surface area contributed by atoms with Crippen LogP contribution < -0.4 is 0 Å². The highest BCUT2D eigenvalue weighted by Gasteiger charge is 2.19. The maximum atomic E-state index is 12.9. The molecule has 0 radical (unpaired) electrons. The lowest BCUT2D eigenvalue weighted by molar-refractivity contribution is -0.167. The highest BCUT2D eigenvalue weighted by atomic mass is 16.6. The summed E-state index contributed by atoms with van der Waals surface area (Å²) in [5, 5.41) is 0. The minimum absolute atomic E-state index is 0.0781. The molecule has 0 aromatic rings. The van der Waals surface area contributed by atoms with Crippen molar-refractivity contribution in [2.24, 2.45) is 0 Å². The molecule has 0 fully saturated rings. The zero-order chi connectivity index (χ0) is 55.7. The van der Waals surface area contributed by atoms with Gasteiger partial charge in [0.15, 0.2) is 6.10 Å². The van der Waals surface area contributed by atoms with Crippen LogP contribution in [0.15, 0.2) is 48.6 Å². The Balaban J connectivity index is 4.13. The summed E-state index contributed by atoms with van der Waals surface area (Å²) in [5.41, 5.74) is 0. The summed E-state index contributed by atoms with van der Waals surface area (Å²) in [7, 11) is 0. The van der Waals surface area contributed by atoms with Crippen molar-refractivity contribution in [3.8, 4) is 0 Å². The van der Waals surface area contributed by atoms with E-state index in [9.17, 15) is 14.4 Å². The summed E-state index contributed by atoms with van der Waals surface area (Å²) in [5.74, 6) is -0.882. The monoisotopic (exact) mass is 1080 g/mol. The fourth-order valence-electron chi connectivity index (χ4n) is 10.1. The minimum Gasteiger partial charge on any atom is -0.462 e. The van der Waals surface area contributed by atoms with Gasteiger partial charge in [-0.15, -0.1) is 0 Å². The van der Waals surface area contributed by atoms with E-state index >= 15 is 0 Å². The van der Waals surface area contributed by atoms with Gasteiger partial charge in [0.05, 0.1) is 0 Å². The van der Waals surface area contributed by atoms with Crippen LogP contribution in [-0.4, -0.2) is 37.2 Å². The second-order valence-electron chi connectivity index (χ2n) is 23.1. The normalized spacial score (nSPS) is 12.3. The number of rotatable bonds is 63. The predicted octanol–water partition coefficient (Wildman–Crippen LogP) is 23.3. The third kappa shape index (κ3) is 64.1. The quantitative estimate of drug-likeness (QED) is 0.0261. The molecule has 77 heavy (non-hydrogen) atoms. The summed E-state index contributed by atoms with van der Waals surface area (Å²) in [6.07, 6.45) is 82.9. The molecule has 0 bridgehead atoms. The van der Waals surface area contributed by atoms with Crippen LogP contribution in [0.5, 0.6) is 0 Å². The number of allylic oxidation sites excluding steroid dienone is 8. The summed E-state index contributed by atoms with van der Waals surface area (Å²) < 4.78 is 16.9. The third-order valence-electron chi connectivity index (χ3n) is 15.3. The molecular formula is C71H130O6. The van der Waals surface area contributed by atoms with Gasteiger partial charge in [-0.25, -0.2) is 0 Å². The number of hydrogen-bond donors (Lipinski definition) is 0. The van der Waals surface area contributed by atoms with E-state index in [0.29, 0.717) is 19.3 Å². The van der Waals surface area contributed by atoms with Crippen LogP contribution >= 0.6 is 0 Å². The van der Waals surface area contributed by atoms with Crippen LogP contribution in [-0.2, 0) is 28.6 Å². The van der Waals surface area contributed by atoms with Gasteiger partial charge in [0.2, 0.25) is 0 Å². The molecule has 0 saturated heterocycles. The topological polar surface area (TPSA) is 78.9 Å². The molecule has 6 nitrogen and oxygen atoms in total. The van der Waals surface area contributed by atoms with Gasteiger partial charge < -0.3 is 14.2 Å². The summed E-state index contributed by atoms with van der Waals surface area (Å²) in [4.78, 5) is 38.3. The van der Waals surface area contributed by atoms with Crippen molar-refractivity contribution in [1.82, 2.24) is 0 Å². The van der Waals surface area contributed by atoms with Gasteiger partial charge in [-0.2, -0.15) is 0 Å². The first-order chi connectivity index (χ1) is 38.0. The molecule has 0 aromatic heterocycles. The first-order valence-corrected chi connectivity index (χ1v) is 34.1. The number of hydrogen-bond acceptors (Lipinski definition) is 6. The van der Waals surface area contributed by atoms with E-state index in [1.165, 1.54) is 238 Å². The molecular weight excluding hydrogens is 949 g/mol. The van der Waals surface area contributed by atoms with Crippen molar-refractivity contribution >= 4 is 17.9 Å². The summed E-state index contributed by atoms with van der Waals surface area (Å²) in [6.45, 7) is 6.63. The van der Waals surface area contributed by atoms with Gasteiger partial charge >= 0.3 is 17.9 Å². The Morgan fingerprint density at radius 2 is 0.468 bits per heavy atom. The van der Waals surface area contributed by atoms with E-state index in [4.69, 9.17) is 14.2 Å². The van der Waals surface area contributed by atoms with Gasteiger partial charge in [0.1, 0.15) is 13.2 Å². The average Bonchev–Trinajstić information content (AvgIpc) is 3.43. The lowest BCUT2D eigenvalue weighted by Crippen LogP contribution is -2.30. The van der Waals surface area contributed by atoms with Crippen molar-refractivity contribution in [3.05, 3.63) is 48.6 Å². The van der Waals surface area contributed by atoms with E-state index in [-0.39, 0.29) is 31.1 Å². The second kappa shape index (κ2) is 65.9. The fourth-order valence-corrected chi connectivity index (χ4v) is 10.1. The number of carbonyl (C=O) groups is 3. The van der Waals surface area contributed by atoms with Crippen LogP contribution in [0.25, 0.3) is 0 Å². The molecule has 0 N–H and O–H groups in total. The zero-order valence-corrected chi connectivity index (χ0v) is 51.7. The van der Waals surface area contributed by atoms with Crippen molar-refractivity contribution in [3.63, 3.8) is 0 Å². The highest BCUT2D eigenvalue weighted by molar-refractivity contribution is 5.71. The molecule has 0 rings (SSSR count). The van der Waals surface area contributed by atoms with Crippen molar-refractivity contribution < 1.29 is 28.6 Å². The fraction of sp³-hybridized carbons (Fsp3) is 0.845. The van der Waals surface area contributed by atoms with Crippen molar-refractivity contribution in [2.45, 2.75) is 374 Å². The number of esters is 3. The number of ether oxygens (including phenoxy) is 3. The second-order valence-corrected chi connectivity index (χ2v) is 23.1. The maximum absolute atomic E-state index is 12.9. The third-order valence-corrected chi connectivity index (χ3v) is 15.3. The lowest BCUT2D eigenvalue weighted by Gasteiger charge is -2.18. The lowest BCUT2D eigenvalue weighted by atomic mass is 10.0. The van der Waals surface area contributed by atoms with E-state index in [1.54, 1.807) is 0 Å². The van der Waals surface area contributed by atoms with Crippen LogP contribution in [0, 0.1) is 0 Å². The molecule has 0 heterocycles. The molecule has 0 aromatic carbocycles. The molecule has 0 aliphatic rings. The van der Waals surface area contributed by atoms with E-state index in [0.717, 1.165) is 89.9 Å². The van der Waals surface area contributed by atoms with Crippen molar-refractivity contribution in [1.29, 1.82) is 0 Å². The molecule has 0 aliphatic carbocycles. The Kier molecular flexibility index (Phi) is 63.6. The van der Waals surface area contributed by atoms with Gasteiger partial charge in [0, 0.05) is 19.3 Å². The minimum atomic E-state index is -0.783. The molecule has 1 unspecified atom stereocenters. The van der Waals surface area contributed by atoms with Gasteiger partial charge in [0.25, 0.3) is 0 Å². The molecule has 450 valence electrons. The molecule has 1 atom stereocenters. The number of unbranched alkanes of at least 4 members (excludes halogenated alkanes) is 44. The Morgan fingerprint density at radius 3 is 0.766 bits per heavy atom. The standard InChI is InChI=1S/C71H130O6/c1-4-7-10-13-16-19-22-25-27-29-30-31-32-33-34-35-36-37-38-39-40-41-42-43-45-46-49-52-55-58-61-64-70(73)76-67-68(66-75-69(72)63-60-57-54-51-48-24-21-18-15-12-9-6-3)77-71(74)65-62-59-56-53-50-47-44-28-26-23-20-17-14-11-8-5-2/h18,20-21,23,28-30,44,68H,4-17,19,22,24-27,31-43,45-67H2,1-3H3/b21-18-,23-20-,30-29-,44-28-. The average molecular weight is 1080 g/mol. The molecule has 0 aliphatic heterocycles. The highest BCUT2D eigenvalue weighted by Crippen LogP contribution is 2.18. The van der Waals surface area contributed by atoms with Gasteiger partial charge in [-0.1, -0.05) is 294 Å². The van der Waals surface area contributed by atoms with E-state index in [2.05, 4.69) is 69.4 Å². The van der Waals surface area contributed by atoms with Crippen molar-refractivity contribution in [2.75, 3.05) is 13.2 Å². The van der Waals surface area contributed by atoms with E-state index < -0.39 is 6.10 Å². The zero-order valence-electron chi connectivity index (χ0n) is 51.7. The Labute approximate surface area is 479 Å². The van der Waals surface area contributed by atoms with Crippen LogP contribution in [0.1, 0.15) is 367 Å². The molecule has 0 saturated carbocycles. The molecule has 0 spiro atoms. The van der Waals surface area contributed by atoms with Gasteiger partial charge in [-0.3, -0.25) is 14.4 Å². The Morgan fingerprint density at radius 1 is 0.260 bits per heavy atom. The smallest absolute Gasteiger partial charge is 0.306 e.